The van der Waals surface area contributed by atoms with Gasteiger partial charge in [-0.15, -0.1) is 0 Å². The Bertz CT molecular complexity index is 931. The molecule has 0 aliphatic carbocycles. The molecule has 1 atom stereocenters. The number of nitrogens with zero attached hydrogens (tertiary/aromatic N) is 6. The van der Waals surface area contributed by atoms with Gasteiger partial charge in [0, 0.05) is 12.4 Å². The van der Waals surface area contributed by atoms with Gasteiger partial charge in [-0.3, -0.25) is 9.88 Å². The van der Waals surface area contributed by atoms with Crippen LogP contribution in [0.15, 0.2) is 41.2 Å². The van der Waals surface area contributed by atoms with Gasteiger partial charge in [0.05, 0.1) is 6.54 Å². The Labute approximate surface area is 154 Å². The van der Waals surface area contributed by atoms with Crippen LogP contribution < -0.4 is 10.2 Å². The van der Waals surface area contributed by atoms with Gasteiger partial charge in [0.25, 0.3) is 0 Å². The Morgan fingerprint density at radius 3 is 2.89 bits per heavy atom. The fourth-order valence-corrected chi connectivity index (χ4v) is 2.64. The van der Waals surface area contributed by atoms with Crippen LogP contribution in [0.4, 0.5) is 16.6 Å². The highest BCUT2D eigenvalue weighted by Gasteiger charge is 2.25. The van der Waals surface area contributed by atoms with E-state index in [4.69, 9.17) is 9.26 Å². The summed E-state index contributed by atoms with van der Waals surface area (Å²) >= 11 is 0. The number of anilines is 2. The van der Waals surface area contributed by atoms with Crippen LogP contribution in [0.5, 0.6) is 0 Å². The van der Waals surface area contributed by atoms with Gasteiger partial charge in [-0.2, -0.15) is 9.97 Å². The average molecular weight is 367 g/mol. The SMILES string of the molecule is CCC(Nc1nccc(N2CCOC2=O)n1)c1nc(-c2ccccn2)no1. The highest BCUT2D eigenvalue weighted by atomic mass is 16.6. The maximum atomic E-state index is 11.7. The Balaban J connectivity index is 1.53. The van der Waals surface area contributed by atoms with Crippen molar-refractivity contribution in [3.8, 4) is 11.5 Å². The number of nitrogens with one attached hydrogen (secondary N) is 1. The van der Waals surface area contributed by atoms with E-state index >= 15 is 0 Å². The smallest absolute Gasteiger partial charge is 0.415 e. The van der Waals surface area contributed by atoms with Crippen molar-refractivity contribution < 1.29 is 14.1 Å². The minimum absolute atomic E-state index is 0.282. The Morgan fingerprint density at radius 2 is 2.15 bits per heavy atom. The minimum atomic E-state index is -0.413. The highest BCUT2D eigenvalue weighted by Crippen LogP contribution is 2.23. The molecular weight excluding hydrogens is 350 g/mol. The predicted octanol–water partition coefficient (Wildman–Crippen LogP) is 2.44. The van der Waals surface area contributed by atoms with E-state index in [0.29, 0.717) is 48.7 Å². The van der Waals surface area contributed by atoms with Gasteiger partial charge in [-0.25, -0.2) is 9.78 Å². The van der Waals surface area contributed by atoms with Gasteiger partial charge < -0.3 is 14.6 Å². The minimum Gasteiger partial charge on any atom is -0.447 e. The summed E-state index contributed by atoms with van der Waals surface area (Å²) in [6.45, 7) is 2.79. The Kier molecular flexibility index (Phi) is 4.60. The average Bonchev–Trinajstić information content (AvgIpc) is 3.36. The quantitative estimate of drug-likeness (QED) is 0.700. The summed E-state index contributed by atoms with van der Waals surface area (Å²) in [4.78, 5) is 30.4. The molecule has 138 valence electrons. The number of carbonyl (C=O) groups is 1. The number of cyclic esters (lactones) is 1. The van der Waals surface area contributed by atoms with Crippen molar-refractivity contribution >= 4 is 17.9 Å². The fourth-order valence-electron chi connectivity index (χ4n) is 2.64. The van der Waals surface area contributed by atoms with Crippen LogP contribution in [0.3, 0.4) is 0 Å². The standard InChI is InChI=1S/C17H17N7O3/c1-2-11(15-22-14(23-27-15)12-5-3-4-7-18-12)20-16-19-8-6-13(21-16)24-9-10-26-17(24)25/h3-8,11H,2,9-10H2,1H3,(H,19,20,21). The molecule has 1 saturated heterocycles. The van der Waals surface area contributed by atoms with Crippen LogP contribution in [-0.4, -0.2) is 44.3 Å². The molecule has 3 aromatic heterocycles. The molecule has 10 heteroatoms. The zero-order valence-corrected chi connectivity index (χ0v) is 14.6. The molecule has 1 amide bonds. The number of aromatic nitrogens is 5. The van der Waals surface area contributed by atoms with Crippen LogP contribution in [0.25, 0.3) is 11.5 Å². The predicted molar refractivity (Wildman–Crippen MR) is 94.9 cm³/mol. The summed E-state index contributed by atoms with van der Waals surface area (Å²) in [6, 6.07) is 6.86. The third-order valence-electron chi connectivity index (χ3n) is 4.02. The topological polar surface area (TPSA) is 119 Å². The second kappa shape index (κ2) is 7.36. The molecule has 4 heterocycles. The lowest BCUT2D eigenvalue weighted by atomic mass is 10.2. The number of amides is 1. The van der Waals surface area contributed by atoms with Crippen molar-refractivity contribution in [1.82, 2.24) is 25.1 Å². The van der Waals surface area contributed by atoms with Crippen molar-refractivity contribution in [3.63, 3.8) is 0 Å². The van der Waals surface area contributed by atoms with Crippen molar-refractivity contribution in [2.45, 2.75) is 19.4 Å². The van der Waals surface area contributed by atoms with Crippen molar-refractivity contribution in [2.75, 3.05) is 23.4 Å². The van der Waals surface area contributed by atoms with E-state index in [9.17, 15) is 4.79 Å². The first-order valence-electron chi connectivity index (χ1n) is 8.53. The molecule has 1 aliphatic rings. The van der Waals surface area contributed by atoms with Crippen LogP contribution in [0.2, 0.25) is 0 Å². The molecule has 3 aromatic rings. The molecule has 27 heavy (non-hydrogen) atoms. The third kappa shape index (κ3) is 3.54. The summed E-state index contributed by atoms with van der Waals surface area (Å²) < 4.78 is 10.3. The van der Waals surface area contributed by atoms with E-state index in [-0.39, 0.29) is 6.04 Å². The van der Waals surface area contributed by atoms with Gasteiger partial charge in [0.15, 0.2) is 0 Å². The van der Waals surface area contributed by atoms with Crippen LogP contribution in [0.1, 0.15) is 25.3 Å². The largest absolute Gasteiger partial charge is 0.447 e. The number of ether oxygens (including phenoxy) is 1. The monoisotopic (exact) mass is 367 g/mol. The lowest BCUT2D eigenvalue weighted by Gasteiger charge is -2.15. The lowest BCUT2D eigenvalue weighted by Crippen LogP contribution is -2.25. The number of pyridine rings is 1. The number of hydrogen-bond donors (Lipinski definition) is 1. The van der Waals surface area contributed by atoms with Crippen molar-refractivity contribution in [2.24, 2.45) is 0 Å². The number of hydrogen-bond acceptors (Lipinski definition) is 9. The van der Waals surface area contributed by atoms with E-state index in [1.807, 2.05) is 25.1 Å². The van der Waals surface area contributed by atoms with Gasteiger partial charge in [0.1, 0.15) is 24.2 Å². The van der Waals surface area contributed by atoms with E-state index in [2.05, 4.69) is 30.4 Å². The molecule has 4 rings (SSSR count). The van der Waals surface area contributed by atoms with Crippen LogP contribution >= 0.6 is 0 Å². The molecule has 0 radical (unpaired) electrons. The fraction of sp³-hybridized carbons (Fsp3) is 0.294. The molecule has 0 aromatic carbocycles. The van der Waals surface area contributed by atoms with Crippen LogP contribution in [-0.2, 0) is 4.74 Å². The van der Waals surface area contributed by atoms with E-state index in [1.54, 1.807) is 18.5 Å². The molecule has 1 unspecified atom stereocenters. The van der Waals surface area contributed by atoms with E-state index in [0.717, 1.165) is 0 Å². The molecule has 1 N–H and O–H groups in total. The zero-order valence-electron chi connectivity index (χ0n) is 14.6. The molecular formula is C17H17N7O3. The first kappa shape index (κ1) is 16.9. The lowest BCUT2D eigenvalue weighted by molar-refractivity contribution is 0.181. The maximum absolute atomic E-state index is 11.7. The van der Waals surface area contributed by atoms with E-state index in [1.165, 1.54) is 4.90 Å². The molecule has 10 nitrogen and oxygen atoms in total. The van der Waals surface area contributed by atoms with E-state index < -0.39 is 6.09 Å². The number of carbonyl (C=O) groups excluding carboxylic acids is 1. The molecule has 1 fully saturated rings. The van der Waals surface area contributed by atoms with Crippen molar-refractivity contribution in [1.29, 1.82) is 0 Å². The van der Waals surface area contributed by atoms with Gasteiger partial charge in [-0.05, 0) is 24.6 Å². The second-order valence-corrected chi connectivity index (χ2v) is 5.78. The summed E-state index contributed by atoms with van der Waals surface area (Å²) in [6.07, 6.45) is 3.51. The van der Waals surface area contributed by atoms with Crippen molar-refractivity contribution in [3.05, 3.63) is 42.5 Å². The first-order chi connectivity index (χ1) is 13.2. The molecule has 0 spiro atoms. The summed E-state index contributed by atoms with van der Waals surface area (Å²) in [7, 11) is 0. The highest BCUT2D eigenvalue weighted by molar-refractivity contribution is 5.88. The summed E-state index contributed by atoms with van der Waals surface area (Å²) in [5.74, 6) is 1.66. The molecule has 1 aliphatic heterocycles. The first-order valence-corrected chi connectivity index (χ1v) is 8.53. The maximum Gasteiger partial charge on any atom is 0.415 e. The van der Waals surface area contributed by atoms with Gasteiger partial charge >= 0.3 is 6.09 Å². The number of rotatable bonds is 6. The normalized spacial score (nSPS) is 14.9. The molecule has 0 bridgehead atoms. The summed E-state index contributed by atoms with van der Waals surface area (Å²) in [5.41, 5.74) is 0.633. The Morgan fingerprint density at radius 1 is 1.22 bits per heavy atom. The summed E-state index contributed by atoms with van der Waals surface area (Å²) in [5, 5.41) is 7.16. The molecule has 0 saturated carbocycles. The van der Waals surface area contributed by atoms with Gasteiger partial charge in [0.2, 0.25) is 17.7 Å². The zero-order chi connectivity index (χ0) is 18.6. The third-order valence-corrected chi connectivity index (χ3v) is 4.02. The van der Waals surface area contributed by atoms with Gasteiger partial charge in [-0.1, -0.05) is 18.1 Å². The van der Waals surface area contributed by atoms with Crippen LogP contribution in [0, 0.1) is 0 Å². The Hall–Kier alpha value is -3.56. The second-order valence-electron chi connectivity index (χ2n) is 5.78.